The van der Waals surface area contributed by atoms with E-state index in [1.165, 1.54) is 22.2 Å². The van der Waals surface area contributed by atoms with E-state index in [1.807, 2.05) is 4.90 Å². The van der Waals surface area contributed by atoms with Crippen molar-refractivity contribution in [1.82, 2.24) is 15.2 Å². The maximum atomic E-state index is 11.9. The summed E-state index contributed by atoms with van der Waals surface area (Å²) in [4.78, 5) is 17.3. The first-order valence-corrected chi connectivity index (χ1v) is 6.48. The SMILES string of the molecule is O=C1NCCC2c3[nH]c4ccccc4c3CCN12. The van der Waals surface area contributed by atoms with E-state index >= 15 is 0 Å². The van der Waals surface area contributed by atoms with Crippen molar-refractivity contribution in [3.8, 4) is 0 Å². The van der Waals surface area contributed by atoms with E-state index in [2.05, 4.69) is 34.6 Å². The van der Waals surface area contributed by atoms with Gasteiger partial charge in [0.05, 0.1) is 6.04 Å². The highest BCUT2D eigenvalue weighted by molar-refractivity contribution is 5.86. The maximum absolute atomic E-state index is 11.9. The highest BCUT2D eigenvalue weighted by atomic mass is 16.2. The van der Waals surface area contributed by atoms with Crippen molar-refractivity contribution in [2.45, 2.75) is 18.9 Å². The second kappa shape index (κ2) is 3.51. The first-order chi connectivity index (χ1) is 8.84. The zero-order valence-electron chi connectivity index (χ0n) is 10.1. The van der Waals surface area contributed by atoms with Crippen molar-refractivity contribution < 1.29 is 4.79 Å². The van der Waals surface area contributed by atoms with Crippen molar-refractivity contribution in [2.75, 3.05) is 13.1 Å². The third kappa shape index (κ3) is 1.23. The Morgan fingerprint density at radius 3 is 3.11 bits per heavy atom. The molecule has 2 amide bonds. The molecule has 4 rings (SSSR count). The molecule has 1 fully saturated rings. The van der Waals surface area contributed by atoms with Crippen LogP contribution in [0.5, 0.6) is 0 Å². The minimum Gasteiger partial charge on any atom is -0.356 e. The molecule has 2 aliphatic rings. The van der Waals surface area contributed by atoms with E-state index in [4.69, 9.17) is 0 Å². The van der Waals surface area contributed by atoms with Crippen molar-refractivity contribution in [3.63, 3.8) is 0 Å². The topological polar surface area (TPSA) is 48.1 Å². The highest BCUT2D eigenvalue weighted by Gasteiger charge is 2.35. The number of aromatic amines is 1. The number of fused-ring (bicyclic) bond motifs is 5. The molecule has 1 aromatic heterocycles. The van der Waals surface area contributed by atoms with Crippen molar-refractivity contribution >= 4 is 16.9 Å². The Hall–Kier alpha value is -1.97. The Morgan fingerprint density at radius 2 is 2.17 bits per heavy atom. The number of aromatic nitrogens is 1. The Kier molecular flexibility index (Phi) is 1.95. The molecule has 1 saturated heterocycles. The van der Waals surface area contributed by atoms with Gasteiger partial charge in [0.25, 0.3) is 0 Å². The predicted molar refractivity (Wildman–Crippen MR) is 69.5 cm³/mol. The third-order valence-corrected chi connectivity index (χ3v) is 4.11. The molecule has 0 saturated carbocycles. The van der Waals surface area contributed by atoms with Crippen LogP contribution in [0, 0.1) is 0 Å². The van der Waals surface area contributed by atoms with Crippen LogP contribution >= 0.6 is 0 Å². The number of benzene rings is 1. The van der Waals surface area contributed by atoms with Gasteiger partial charge >= 0.3 is 6.03 Å². The molecular weight excluding hydrogens is 226 g/mol. The van der Waals surface area contributed by atoms with Gasteiger partial charge in [0, 0.05) is 29.7 Å². The molecule has 1 atom stereocenters. The molecule has 0 bridgehead atoms. The van der Waals surface area contributed by atoms with Crippen LogP contribution in [-0.4, -0.2) is 29.0 Å². The fraction of sp³-hybridized carbons (Fsp3) is 0.357. The molecule has 2 aliphatic heterocycles. The summed E-state index contributed by atoms with van der Waals surface area (Å²) in [6.07, 6.45) is 1.94. The van der Waals surface area contributed by atoms with E-state index in [9.17, 15) is 4.79 Å². The van der Waals surface area contributed by atoms with Crippen LogP contribution in [0.3, 0.4) is 0 Å². The predicted octanol–water partition coefficient (Wildman–Crippen LogP) is 2.18. The number of rotatable bonds is 0. The number of H-pyrrole nitrogens is 1. The van der Waals surface area contributed by atoms with Crippen LogP contribution in [0.15, 0.2) is 24.3 Å². The van der Waals surface area contributed by atoms with Gasteiger partial charge < -0.3 is 15.2 Å². The van der Waals surface area contributed by atoms with Crippen molar-refractivity contribution in [2.24, 2.45) is 0 Å². The zero-order valence-corrected chi connectivity index (χ0v) is 10.1. The van der Waals surface area contributed by atoms with E-state index in [1.54, 1.807) is 0 Å². The van der Waals surface area contributed by atoms with Gasteiger partial charge in [-0.2, -0.15) is 0 Å². The average Bonchev–Trinajstić information content (AvgIpc) is 2.78. The molecule has 1 aromatic carbocycles. The number of carbonyl (C=O) groups excluding carboxylic acids is 1. The Balaban J connectivity index is 1.90. The number of hydrogen-bond acceptors (Lipinski definition) is 1. The second-order valence-electron chi connectivity index (χ2n) is 5.04. The Bertz CT molecular complexity index is 631. The summed E-state index contributed by atoms with van der Waals surface area (Å²) in [6, 6.07) is 8.72. The average molecular weight is 241 g/mol. The van der Waals surface area contributed by atoms with Crippen molar-refractivity contribution in [3.05, 3.63) is 35.5 Å². The quantitative estimate of drug-likeness (QED) is 0.729. The fourth-order valence-electron chi connectivity index (χ4n) is 3.28. The normalized spacial score (nSPS) is 22.6. The second-order valence-corrected chi connectivity index (χ2v) is 5.04. The summed E-state index contributed by atoms with van der Waals surface area (Å²) in [7, 11) is 0. The lowest BCUT2D eigenvalue weighted by Gasteiger charge is -2.39. The molecule has 4 heteroatoms. The van der Waals surface area contributed by atoms with Gasteiger partial charge in [-0.3, -0.25) is 0 Å². The number of urea groups is 1. The molecule has 0 radical (unpaired) electrons. The maximum Gasteiger partial charge on any atom is 0.317 e. The van der Waals surface area contributed by atoms with Gasteiger partial charge in [-0.25, -0.2) is 4.79 Å². The van der Waals surface area contributed by atoms with Gasteiger partial charge in [-0.15, -0.1) is 0 Å². The molecular formula is C14H15N3O. The molecule has 1 unspecified atom stereocenters. The number of hydrogen-bond donors (Lipinski definition) is 2. The standard InChI is InChI=1S/C14H15N3O/c18-14-15-7-5-12-13-10(6-8-17(12)14)9-3-1-2-4-11(9)16-13/h1-4,12,16H,5-8H2,(H,15,18). The smallest absolute Gasteiger partial charge is 0.317 e. The van der Waals surface area contributed by atoms with Gasteiger partial charge in [0.15, 0.2) is 0 Å². The monoisotopic (exact) mass is 241 g/mol. The van der Waals surface area contributed by atoms with E-state index in [0.717, 1.165) is 25.9 Å². The van der Waals surface area contributed by atoms with Crippen LogP contribution in [0.25, 0.3) is 10.9 Å². The van der Waals surface area contributed by atoms with Crippen LogP contribution < -0.4 is 5.32 Å². The summed E-state index contributed by atoms with van der Waals surface area (Å²) in [5.41, 5.74) is 3.84. The Morgan fingerprint density at radius 1 is 1.28 bits per heavy atom. The number of carbonyl (C=O) groups is 1. The van der Waals surface area contributed by atoms with Crippen LogP contribution in [0.2, 0.25) is 0 Å². The molecule has 92 valence electrons. The summed E-state index contributed by atoms with van der Waals surface area (Å²) >= 11 is 0. The minimum atomic E-state index is 0.0792. The molecule has 3 heterocycles. The lowest BCUT2D eigenvalue weighted by molar-refractivity contribution is 0.147. The van der Waals surface area contributed by atoms with E-state index in [-0.39, 0.29) is 12.1 Å². The molecule has 0 aliphatic carbocycles. The van der Waals surface area contributed by atoms with Gasteiger partial charge in [0.2, 0.25) is 0 Å². The third-order valence-electron chi connectivity index (χ3n) is 4.11. The summed E-state index contributed by atoms with van der Waals surface area (Å²) in [5, 5.41) is 4.24. The molecule has 2 N–H and O–H groups in total. The molecule has 18 heavy (non-hydrogen) atoms. The first-order valence-electron chi connectivity index (χ1n) is 6.48. The van der Waals surface area contributed by atoms with Gasteiger partial charge in [-0.1, -0.05) is 18.2 Å². The Labute approximate surface area is 105 Å². The molecule has 2 aromatic rings. The fourth-order valence-corrected chi connectivity index (χ4v) is 3.28. The lowest BCUT2D eigenvalue weighted by atomic mass is 9.94. The van der Waals surface area contributed by atoms with E-state index < -0.39 is 0 Å². The van der Waals surface area contributed by atoms with Gasteiger partial charge in [0.1, 0.15) is 0 Å². The lowest BCUT2D eigenvalue weighted by Crippen LogP contribution is -2.50. The summed E-state index contributed by atoms with van der Waals surface area (Å²) in [6.45, 7) is 1.60. The highest BCUT2D eigenvalue weighted by Crippen LogP contribution is 2.37. The first kappa shape index (κ1) is 10.00. The van der Waals surface area contributed by atoms with Crippen LogP contribution in [0.1, 0.15) is 23.7 Å². The number of para-hydroxylation sites is 1. The largest absolute Gasteiger partial charge is 0.356 e. The van der Waals surface area contributed by atoms with Crippen LogP contribution in [-0.2, 0) is 6.42 Å². The number of nitrogens with one attached hydrogen (secondary N) is 2. The van der Waals surface area contributed by atoms with Gasteiger partial charge in [-0.05, 0) is 24.5 Å². The van der Waals surface area contributed by atoms with Crippen LogP contribution in [0.4, 0.5) is 4.79 Å². The minimum absolute atomic E-state index is 0.0792. The van der Waals surface area contributed by atoms with Crippen molar-refractivity contribution in [1.29, 1.82) is 0 Å². The summed E-state index contributed by atoms with van der Waals surface area (Å²) in [5.74, 6) is 0. The molecule has 0 spiro atoms. The summed E-state index contributed by atoms with van der Waals surface area (Å²) < 4.78 is 0. The number of nitrogens with zero attached hydrogens (tertiary/aromatic N) is 1. The molecule has 4 nitrogen and oxygen atoms in total. The van der Waals surface area contributed by atoms with E-state index in [0.29, 0.717) is 0 Å². The number of amides is 2. The zero-order chi connectivity index (χ0) is 12.1.